The van der Waals surface area contributed by atoms with Gasteiger partial charge in [0.15, 0.2) is 0 Å². The van der Waals surface area contributed by atoms with Gasteiger partial charge in [0.05, 0.1) is 6.61 Å². The molecule has 1 aliphatic rings. The Bertz CT molecular complexity index is 441. The van der Waals surface area contributed by atoms with Crippen molar-refractivity contribution in [2.45, 2.75) is 25.8 Å². The second-order valence-electron chi connectivity index (χ2n) is 6.33. The lowest BCUT2D eigenvalue weighted by atomic mass is 9.81. The zero-order chi connectivity index (χ0) is 15.3. The van der Waals surface area contributed by atoms with Crippen molar-refractivity contribution in [1.82, 2.24) is 10.2 Å². The molecule has 0 radical (unpaired) electrons. The molecule has 0 aromatic heterocycles. The van der Waals surface area contributed by atoms with Gasteiger partial charge in [-0.05, 0) is 51.6 Å². The van der Waals surface area contributed by atoms with Crippen molar-refractivity contribution in [3.8, 4) is 0 Å². The Morgan fingerprint density at radius 3 is 2.90 bits per heavy atom. The van der Waals surface area contributed by atoms with E-state index in [0.29, 0.717) is 6.04 Å². The molecular weight excluding hydrogens is 284 g/mol. The molecule has 118 valence electrons. The highest BCUT2D eigenvalue weighted by Crippen LogP contribution is 2.32. The first-order chi connectivity index (χ1) is 10.1. The quantitative estimate of drug-likeness (QED) is 0.872. The molecule has 1 N–H and O–H groups in total. The maximum absolute atomic E-state index is 6.11. The van der Waals surface area contributed by atoms with Crippen LogP contribution in [0, 0.1) is 5.41 Å². The van der Waals surface area contributed by atoms with Gasteiger partial charge in [0.25, 0.3) is 0 Å². The van der Waals surface area contributed by atoms with Crippen LogP contribution in [0.1, 0.15) is 31.4 Å². The molecule has 0 amide bonds. The van der Waals surface area contributed by atoms with Gasteiger partial charge >= 0.3 is 0 Å². The highest BCUT2D eigenvalue weighted by Gasteiger charge is 2.34. The van der Waals surface area contributed by atoms with Crippen molar-refractivity contribution >= 4 is 11.6 Å². The highest BCUT2D eigenvalue weighted by atomic mass is 35.5. The lowest BCUT2D eigenvalue weighted by Gasteiger charge is -2.41. The molecular formula is C17H27ClN2O. The molecule has 1 fully saturated rings. The fraction of sp³-hybridized carbons (Fsp3) is 0.647. The van der Waals surface area contributed by atoms with Crippen LogP contribution in [0.2, 0.25) is 5.02 Å². The van der Waals surface area contributed by atoms with Crippen molar-refractivity contribution in [2.75, 3.05) is 40.4 Å². The average molecular weight is 311 g/mol. The maximum atomic E-state index is 6.11. The normalized spacial score (nSPS) is 24.2. The van der Waals surface area contributed by atoms with E-state index in [2.05, 4.69) is 36.3 Å². The summed E-state index contributed by atoms with van der Waals surface area (Å²) in [5.74, 6) is 0. The van der Waals surface area contributed by atoms with Gasteiger partial charge in [0.2, 0.25) is 0 Å². The number of nitrogens with zero attached hydrogens (tertiary/aromatic N) is 1. The summed E-state index contributed by atoms with van der Waals surface area (Å²) in [6, 6.07) is 8.50. The Morgan fingerprint density at radius 1 is 1.48 bits per heavy atom. The summed E-state index contributed by atoms with van der Waals surface area (Å²) in [4.78, 5) is 2.41. The third-order valence-electron chi connectivity index (χ3n) is 4.53. The Hall–Kier alpha value is -0.610. The molecule has 2 rings (SSSR count). The monoisotopic (exact) mass is 310 g/mol. The van der Waals surface area contributed by atoms with Crippen LogP contribution < -0.4 is 5.32 Å². The second kappa shape index (κ2) is 7.59. The molecule has 0 bridgehead atoms. The zero-order valence-electron chi connectivity index (χ0n) is 13.4. The molecule has 2 atom stereocenters. The van der Waals surface area contributed by atoms with Gasteiger partial charge in [-0.15, -0.1) is 0 Å². The third-order valence-corrected chi connectivity index (χ3v) is 4.77. The summed E-state index contributed by atoms with van der Waals surface area (Å²) in [7, 11) is 4.22. The fourth-order valence-corrected chi connectivity index (χ4v) is 3.49. The predicted molar refractivity (Wildman–Crippen MR) is 88.9 cm³/mol. The number of hydrogen-bond donors (Lipinski definition) is 1. The van der Waals surface area contributed by atoms with E-state index in [1.54, 1.807) is 0 Å². The molecule has 4 heteroatoms. The van der Waals surface area contributed by atoms with E-state index in [0.717, 1.165) is 37.7 Å². The summed E-state index contributed by atoms with van der Waals surface area (Å²) in [6.07, 6.45) is 2.38. The Morgan fingerprint density at radius 2 is 2.29 bits per heavy atom. The first-order valence-corrected chi connectivity index (χ1v) is 8.12. The topological polar surface area (TPSA) is 24.5 Å². The van der Waals surface area contributed by atoms with Crippen LogP contribution in [0.15, 0.2) is 24.3 Å². The SMILES string of the molecule is CNCC1(CN(C)C(C)c2cccc(Cl)c2)CCCOC1. The molecule has 0 saturated carbocycles. The first kappa shape index (κ1) is 16.8. The molecule has 2 unspecified atom stereocenters. The van der Waals surface area contributed by atoms with Crippen LogP contribution in [-0.2, 0) is 4.74 Å². The molecule has 1 heterocycles. The molecule has 1 saturated heterocycles. The Kier molecular flexibility index (Phi) is 6.06. The molecule has 1 aliphatic heterocycles. The van der Waals surface area contributed by atoms with E-state index >= 15 is 0 Å². The summed E-state index contributed by atoms with van der Waals surface area (Å²) < 4.78 is 5.76. The van der Waals surface area contributed by atoms with Crippen LogP contribution in [0.5, 0.6) is 0 Å². The van der Waals surface area contributed by atoms with Gasteiger partial charge in [-0.25, -0.2) is 0 Å². The molecule has 0 aliphatic carbocycles. The minimum atomic E-state index is 0.217. The molecule has 3 nitrogen and oxygen atoms in total. The van der Waals surface area contributed by atoms with Crippen molar-refractivity contribution in [2.24, 2.45) is 5.41 Å². The number of rotatable bonds is 6. The van der Waals surface area contributed by atoms with Crippen molar-refractivity contribution in [3.05, 3.63) is 34.9 Å². The fourth-order valence-electron chi connectivity index (χ4n) is 3.29. The van der Waals surface area contributed by atoms with Crippen LogP contribution >= 0.6 is 11.6 Å². The molecule has 0 spiro atoms. The summed E-state index contributed by atoms with van der Waals surface area (Å²) in [6.45, 7) is 6.02. The molecule has 1 aromatic rings. The smallest absolute Gasteiger partial charge is 0.0546 e. The lowest BCUT2D eigenvalue weighted by Crippen LogP contribution is -2.48. The van der Waals surface area contributed by atoms with E-state index in [4.69, 9.17) is 16.3 Å². The van der Waals surface area contributed by atoms with Crippen LogP contribution in [0.25, 0.3) is 0 Å². The Labute approximate surface area is 133 Å². The Balaban J connectivity index is 2.05. The van der Waals surface area contributed by atoms with E-state index in [1.807, 2.05) is 19.2 Å². The summed E-state index contributed by atoms with van der Waals surface area (Å²) >= 11 is 6.11. The number of hydrogen-bond acceptors (Lipinski definition) is 3. The first-order valence-electron chi connectivity index (χ1n) is 7.74. The highest BCUT2D eigenvalue weighted by molar-refractivity contribution is 6.30. The van der Waals surface area contributed by atoms with E-state index < -0.39 is 0 Å². The minimum Gasteiger partial charge on any atom is -0.381 e. The predicted octanol–water partition coefficient (Wildman–Crippen LogP) is 3.35. The number of ether oxygens (including phenoxy) is 1. The van der Waals surface area contributed by atoms with Crippen molar-refractivity contribution in [1.29, 1.82) is 0 Å². The minimum absolute atomic E-state index is 0.217. The summed E-state index contributed by atoms with van der Waals surface area (Å²) in [5.41, 5.74) is 1.48. The van der Waals surface area contributed by atoms with Crippen LogP contribution in [0.3, 0.4) is 0 Å². The zero-order valence-corrected chi connectivity index (χ0v) is 14.1. The summed E-state index contributed by atoms with van der Waals surface area (Å²) in [5, 5.41) is 4.15. The third kappa shape index (κ3) is 4.43. The van der Waals surface area contributed by atoms with Gasteiger partial charge in [-0.3, -0.25) is 4.90 Å². The van der Waals surface area contributed by atoms with Crippen molar-refractivity contribution in [3.63, 3.8) is 0 Å². The largest absolute Gasteiger partial charge is 0.381 e. The van der Waals surface area contributed by atoms with Gasteiger partial charge < -0.3 is 10.1 Å². The standard InChI is InChI=1S/C17H27ClN2O/c1-14(15-6-4-7-16(18)10-15)20(3)12-17(11-19-2)8-5-9-21-13-17/h4,6-7,10,14,19H,5,8-9,11-13H2,1-3H3. The van der Waals surface area contributed by atoms with Crippen LogP contribution in [-0.4, -0.2) is 45.3 Å². The van der Waals surface area contributed by atoms with Crippen molar-refractivity contribution < 1.29 is 4.74 Å². The van der Waals surface area contributed by atoms with Gasteiger partial charge in [-0.2, -0.15) is 0 Å². The van der Waals surface area contributed by atoms with Gasteiger partial charge in [-0.1, -0.05) is 23.7 Å². The molecule has 1 aromatic carbocycles. The van der Waals surface area contributed by atoms with E-state index in [-0.39, 0.29) is 5.41 Å². The second-order valence-corrected chi connectivity index (χ2v) is 6.77. The van der Waals surface area contributed by atoms with Gasteiger partial charge in [0, 0.05) is 36.2 Å². The van der Waals surface area contributed by atoms with E-state index in [9.17, 15) is 0 Å². The van der Waals surface area contributed by atoms with Crippen LogP contribution in [0.4, 0.5) is 0 Å². The molecule has 21 heavy (non-hydrogen) atoms. The number of halogens is 1. The van der Waals surface area contributed by atoms with E-state index in [1.165, 1.54) is 12.0 Å². The average Bonchev–Trinajstić information content (AvgIpc) is 2.47. The number of nitrogens with one attached hydrogen (secondary N) is 1. The maximum Gasteiger partial charge on any atom is 0.0546 e. The van der Waals surface area contributed by atoms with Gasteiger partial charge in [0.1, 0.15) is 0 Å². The number of benzene rings is 1. The lowest BCUT2D eigenvalue weighted by molar-refractivity contribution is -0.0266.